The number of amides is 1. The molecule has 0 saturated heterocycles. The summed E-state index contributed by atoms with van der Waals surface area (Å²) in [5, 5.41) is 12.9. The lowest BCUT2D eigenvalue weighted by Crippen LogP contribution is -2.31. The van der Waals surface area contributed by atoms with E-state index in [1.54, 1.807) is 52.7 Å². The number of hydrogen-bond donors (Lipinski definition) is 2. The van der Waals surface area contributed by atoms with E-state index in [1.807, 2.05) is 72.8 Å². The molecule has 6 rings (SSSR count). The Morgan fingerprint density at radius 1 is 0.593 bits per heavy atom. The number of methoxy groups -OCH3 is 4. The Morgan fingerprint density at radius 3 is 1.29 bits per heavy atom. The number of hydrogen-bond acceptors (Lipinski definition) is 11. The molecule has 4 aromatic carbocycles. The second-order valence-electron chi connectivity index (χ2n) is 12.9. The second-order valence-corrected chi connectivity index (χ2v) is 16.7. The summed E-state index contributed by atoms with van der Waals surface area (Å²) in [6.07, 6.45) is 2.90. The van der Waals surface area contributed by atoms with Crippen molar-refractivity contribution < 1.29 is 40.6 Å². The average molecular weight is 846 g/mol. The van der Waals surface area contributed by atoms with Crippen molar-refractivity contribution in [3.8, 4) is 23.0 Å². The monoisotopic (exact) mass is 845 g/mol. The molecule has 16 nitrogen and oxygen atoms in total. The number of H-pyrrole nitrogens is 1. The van der Waals surface area contributed by atoms with Crippen molar-refractivity contribution in [2.45, 2.75) is 42.8 Å². The standard InChI is InChI=1S/C22H26N4O5S.C19H21N3O4S/c1-23-21(27)16-25-13-12-22(24-25)32(28,29)26(14-17-4-8-19(30-2)9-5-17)15-18-6-10-20(31-3)11-7-18;1-25-17-7-3-15(4-8-17)13-22(27(23,24)19-11-12-20-21-19)14-16-5-9-18(26-2)10-6-16/h4-13H,14-16H2,1-3H3,(H,23,27);3-12H,13-14H2,1-2H3,(H,20,21). The van der Waals surface area contributed by atoms with Gasteiger partial charge in [-0.1, -0.05) is 48.5 Å². The van der Waals surface area contributed by atoms with Crippen LogP contribution in [0.15, 0.2) is 132 Å². The number of rotatable bonds is 18. The molecule has 0 spiro atoms. The predicted molar refractivity (Wildman–Crippen MR) is 220 cm³/mol. The molecular weight excluding hydrogens is 799 g/mol. The van der Waals surface area contributed by atoms with Crippen LogP contribution in [0.2, 0.25) is 0 Å². The highest BCUT2D eigenvalue weighted by atomic mass is 32.2. The van der Waals surface area contributed by atoms with Gasteiger partial charge in [0, 0.05) is 39.4 Å². The van der Waals surface area contributed by atoms with Crippen molar-refractivity contribution in [3.05, 3.63) is 144 Å². The molecule has 2 aromatic heterocycles. The van der Waals surface area contributed by atoms with E-state index >= 15 is 0 Å². The summed E-state index contributed by atoms with van der Waals surface area (Å²) in [5.74, 6) is 2.54. The summed E-state index contributed by atoms with van der Waals surface area (Å²) in [5.41, 5.74) is 3.31. The van der Waals surface area contributed by atoms with Crippen molar-refractivity contribution in [1.29, 1.82) is 0 Å². The van der Waals surface area contributed by atoms with E-state index in [9.17, 15) is 21.6 Å². The molecule has 0 aliphatic carbocycles. The lowest BCUT2D eigenvalue weighted by atomic mass is 10.2. The lowest BCUT2D eigenvalue weighted by Gasteiger charge is -2.22. The van der Waals surface area contributed by atoms with Crippen LogP contribution in [0.1, 0.15) is 22.3 Å². The second kappa shape index (κ2) is 20.5. The maximum atomic E-state index is 13.5. The largest absolute Gasteiger partial charge is 0.497 e. The summed E-state index contributed by atoms with van der Waals surface area (Å²) in [4.78, 5) is 11.6. The number of nitrogens with zero attached hydrogens (tertiary/aromatic N) is 5. The minimum atomic E-state index is -3.94. The fourth-order valence-corrected chi connectivity index (χ4v) is 8.30. The first-order valence-electron chi connectivity index (χ1n) is 18.1. The minimum Gasteiger partial charge on any atom is -0.497 e. The van der Waals surface area contributed by atoms with Crippen molar-refractivity contribution in [2.75, 3.05) is 35.5 Å². The topological polar surface area (TPSA) is 187 Å². The predicted octanol–water partition coefficient (Wildman–Crippen LogP) is 4.86. The van der Waals surface area contributed by atoms with Gasteiger partial charge in [0.25, 0.3) is 20.0 Å². The third kappa shape index (κ3) is 11.9. The minimum absolute atomic E-state index is 0.0597. The first-order valence-corrected chi connectivity index (χ1v) is 21.0. The molecule has 2 N–H and O–H groups in total. The van der Waals surface area contributed by atoms with Crippen LogP contribution in [-0.2, 0) is 57.6 Å². The van der Waals surface area contributed by atoms with Crippen LogP contribution in [0, 0.1) is 0 Å². The van der Waals surface area contributed by atoms with Gasteiger partial charge in [-0.25, -0.2) is 16.8 Å². The Balaban J connectivity index is 0.000000227. The molecule has 0 saturated carbocycles. The third-order valence-corrected chi connectivity index (χ3v) is 12.4. The number of benzene rings is 4. The molecule has 0 fully saturated rings. The zero-order valence-electron chi connectivity index (χ0n) is 33.3. The maximum Gasteiger partial charge on any atom is 0.262 e. The zero-order chi connectivity index (χ0) is 42.4. The van der Waals surface area contributed by atoms with Crippen LogP contribution < -0.4 is 24.3 Å². The molecule has 0 aliphatic rings. The van der Waals surface area contributed by atoms with E-state index in [2.05, 4.69) is 20.6 Å². The van der Waals surface area contributed by atoms with E-state index in [4.69, 9.17) is 18.9 Å². The molecule has 0 atom stereocenters. The van der Waals surface area contributed by atoms with E-state index in [1.165, 1.54) is 44.9 Å². The van der Waals surface area contributed by atoms with Crippen LogP contribution in [0.5, 0.6) is 23.0 Å². The summed E-state index contributed by atoms with van der Waals surface area (Å²) < 4.78 is 77.8. The van der Waals surface area contributed by atoms with E-state index in [0.29, 0.717) is 11.5 Å². The Bertz CT molecular complexity index is 2340. The first-order chi connectivity index (χ1) is 28.4. The molecule has 0 aliphatic heterocycles. The summed E-state index contributed by atoms with van der Waals surface area (Å²) in [6, 6.07) is 31.9. The van der Waals surface area contributed by atoms with Crippen LogP contribution in [-0.4, -0.2) is 86.8 Å². The van der Waals surface area contributed by atoms with Crippen LogP contribution in [0.25, 0.3) is 0 Å². The molecule has 18 heteroatoms. The fourth-order valence-electron chi connectivity index (χ4n) is 5.64. The van der Waals surface area contributed by atoms with Gasteiger partial charge < -0.3 is 24.3 Å². The molecular formula is C41H47N7O9S2. The SMILES string of the molecule is CNC(=O)Cn1ccc(S(=O)(=O)N(Cc2ccc(OC)cc2)Cc2ccc(OC)cc2)n1.COc1ccc(CN(Cc2ccc(OC)cc2)S(=O)(=O)c2ccn[nH]2)cc1. The van der Waals surface area contributed by atoms with Gasteiger partial charge >= 0.3 is 0 Å². The van der Waals surface area contributed by atoms with Gasteiger partial charge in [0.15, 0.2) is 10.1 Å². The summed E-state index contributed by atoms with van der Waals surface area (Å²) >= 11 is 0. The molecule has 0 bridgehead atoms. The Hall–Kier alpha value is -6.21. The number of carbonyl (C=O) groups excluding carboxylic acids is 1. The molecule has 59 heavy (non-hydrogen) atoms. The highest BCUT2D eigenvalue weighted by Gasteiger charge is 2.28. The van der Waals surface area contributed by atoms with Gasteiger partial charge in [-0.05, 0) is 82.9 Å². The Labute approximate surface area is 344 Å². The maximum absolute atomic E-state index is 13.5. The van der Waals surface area contributed by atoms with Crippen LogP contribution >= 0.6 is 0 Å². The van der Waals surface area contributed by atoms with E-state index in [-0.39, 0.29) is 48.7 Å². The molecule has 0 unspecified atom stereocenters. The lowest BCUT2D eigenvalue weighted by molar-refractivity contribution is -0.121. The zero-order valence-corrected chi connectivity index (χ0v) is 34.9. The number of likely N-dealkylation sites (N-methyl/N-ethyl adjacent to an activating group) is 1. The number of carbonyl (C=O) groups is 1. The smallest absolute Gasteiger partial charge is 0.262 e. The van der Waals surface area contributed by atoms with Crippen molar-refractivity contribution >= 4 is 26.0 Å². The average Bonchev–Trinajstić information content (AvgIpc) is 3.99. The summed E-state index contributed by atoms with van der Waals surface area (Å²) in [7, 11) is 0.163. The highest BCUT2D eigenvalue weighted by Crippen LogP contribution is 2.24. The number of sulfonamides is 2. The number of aromatic amines is 1. The molecule has 6 aromatic rings. The third-order valence-electron chi connectivity index (χ3n) is 8.97. The van der Waals surface area contributed by atoms with Gasteiger partial charge in [0.2, 0.25) is 5.91 Å². The quantitative estimate of drug-likeness (QED) is 0.120. The number of aromatic nitrogens is 4. The van der Waals surface area contributed by atoms with Crippen molar-refractivity contribution in [2.24, 2.45) is 0 Å². The summed E-state index contributed by atoms with van der Waals surface area (Å²) in [6.45, 7) is 0.652. The molecule has 2 heterocycles. The van der Waals surface area contributed by atoms with Gasteiger partial charge in [0.05, 0.1) is 34.6 Å². The van der Waals surface area contributed by atoms with Crippen molar-refractivity contribution in [3.63, 3.8) is 0 Å². The van der Waals surface area contributed by atoms with Gasteiger partial charge in [0.1, 0.15) is 29.5 Å². The van der Waals surface area contributed by atoms with Gasteiger partial charge in [-0.2, -0.15) is 18.8 Å². The fraction of sp³-hybridized carbons (Fsp3) is 0.244. The van der Waals surface area contributed by atoms with E-state index < -0.39 is 20.0 Å². The Kier molecular flexibility index (Phi) is 15.2. The van der Waals surface area contributed by atoms with Crippen LogP contribution in [0.3, 0.4) is 0 Å². The highest BCUT2D eigenvalue weighted by molar-refractivity contribution is 7.89. The van der Waals surface area contributed by atoms with Crippen LogP contribution in [0.4, 0.5) is 0 Å². The number of nitrogens with one attached hydrogen (secondary N) is 2. The first kappa shape index (κ1) is 43.9. The molecule has 0 radical (unpaired) electrons. The van der Waals surface area contributed by atoms with Gasteiger partial charge in [-0.15, -0.1) is 0 Å². The van der Waals surface area contributed by atoms with Crippen molar-refractivity contribution in [1.82, 2.24) is 33.9 Å². The molecule has 312 valence electrons. The van der Waals surface area contributed by atoms with Gasteiger partial charge in [-0.3, -0.25) is 14.6 Å². The molecule has 1 amide bonds. The van der Waals surface area contributed by atoms with E-state index in [0.717, 1.165) is 33.8 Å². The Morgan fingerprint density at radius 2 is 0.966 bits per heavy atom. The normalized spacial score (nSPS) is 11.4. The number of ether oxygens (including phenoxy) is 4.